The van der Waals surface area contributed by atoms with Gasteiger partial charge in [-0.05, 0) is 139 Å². The fourth-order valence-electron chi connectivity index (χ4n) is 10.4. The first-order valence-electron chi connectivity index (χ1n) is 21.2. The highest BCUT2D eigenvalue weighted by Crippen LogP contribution is 2.62. The number of carbonyl (C=O) groups excluding carboxylic acids is 2. The lowest BCUT2D eigenvalue weighted by Gasteiger charge is -2.62. The van der Waals surface area contributed by atoms with E-state index in [1.165, 1.54) is 25.1 Å². The van der Waals surface area contributed by atoms with Crippen LogP contribution in [0, 0.1) is 52.3 Å². The molecule has 2 amide bonds. The molecule has 0 aliphatic heterocycles. The molecular formula is C44H56Br2FN11O4. The summed E-state index contributed by atoms with van der Waals surface area (Å²) in [5, 5.41) is 20.9. The highest BCUT2D eigenvalue weighted by molar-refractivity contribution is 9.11. The average Bonchev–Trinajstić information content (AvgIpc) is 3.23. The van der Waals surface area contributed by atoms with Gasteiger partial charge in [-0.25, -0.2) is 19.3 Å². The zero-order chi connectivity index (χ0) is 44.7. The molecule has 0 spiro atoms. The summed E-state index contributed by atoms with van der Waals surface area (Å²) in [4.78, 5) is 57.4. The van der Waals surface area contributed by atoms with Crippen LogP contribution in [-0.2, 0) is 35.8 Å². The second kappa shape index (κ2) is 18.2. The number of nitrogen functional groups attached to an aromatic ring is 1. The van der Waals surface area contributed by atoms with Crippen LogP contribution in [-0.4, -0.2) is 53.4 Å². The molecule has 0 radical (unpaired) electrons. The number of rotatable bonds is 12. The van der Waals surface area contributed by atoms with E-state index < -0.39 is 5.95 Å². The molecule has 0 unspecified atom stereocenters. The zero-order valence-electron chi connectivity index (χ0n) is 35.9. The Morgan fingerprint density at radius 3 is 1.58 bits per heavy atom. The fraction of sp³-hybridized carbons (Fsp3) is 0.545. The van der Waals surface area contributed by atoms with Gasteiger partial charge in [0.2, 0.25) is 17.8 Å². The van der Waals surface area contributed by atoms with Crippen LogP contribution in [0.5, 0.6) is 0 Å². The van der Waals surface area contributed by atoms with Gasteiger partial charge in [0.05, 0.1) is 23.8 Å². The normalized spacial score (nSPS) is 26.1. The Labute approximate surface area is 377 Å². The zero-order valence-corrected chi connectivity index (χ0v) is 39.1. The van der Waals surface area contributed by atoms with Crippen molar-refractivity contribution in [2.24, 2.45) is 46.3 Å². The summed E-state index contributed by atoms with van der Waals surface area (Å²) < 4.78 is 16.2. The minimum Gasteiger partial charge on any atom is -0.384 e. The first kappa shape index (κ1) is 45.3. The predicted octanol–water partition coefficient (Wildman–Crippen LogP) is 6.12. The number of hydrogen-bond donors (Lipinski definition) is 5. The molecule has 0 saturated heterocycles. The van der Waals surface area contributed by atoms with Crippen molar-refractivity contribution >= 4 is 60.9 Å². The standard InChI is InChI=1S/C22H27BrFN5O2.C22H29BrN6O2/c2*1-12-15-7-14(22(15,2)3)8-16(12)28-17-10-27-29(21(31)20(17)23)11-19(30)26-9-13-4-5-25-18(24)6-13/h4-6,10,12,14-16,28H,7-9,11H2,1-3H3,(H,26,30);4-6,10,12,14-16,28H,7-9,11H2,1-3H3,(H2,24,25)(H,26,30)/t2*12-,14+,15-,16-/m11/s1. The van der Waals surface area contributed by atoms with Crippen LogP contribution in [0.25, 0.3) is 0 Å². The van der Waals surface area contributed by atoms with E-state index in [9.17, 15) is 23.6 Å². The fourth-order valence-corrected chi connectivity index (χ4v) is 11.2. The molecule has 8 atom stereocenters. The lowest BCUT2D eigenvalue weighted by atomic mass is 9.45. The summed E-state index contributed by atoms with van der Waals surface area (Å²) in [6.45, 7) is 14.1. The Balaban J connectivity index is 0.000000186. The summed E-state index contributed by atoms with van der Waals surface area (Å²) in [5.41, 5.74) is 8.52. The smallest absolute Gasteiger partial charge is 0.283 e. The third-order valence-electron chi connectivity index (χ3n) is 14.6. The van der Waals surface area contributed by atoms with Gasteiger partial charge in [-0.15, -0.1) is 0 Å². The van der Waals surface area contributed by atoms with Gasteiger partial charge in [-0.2, -0.15) is 14.6 Å². The minimum atomic E-state index is -0.607. The number of aromatic nitrogens is 6. The van der Waals surface area contributed by atoms with Crippen molar-refractivity contribution in [2.45, 2.75) is 105 Å². The summed E-state index contributed by atoms with van der Waals surface area (Å²) in [6.07, 6.45) is 10.9. The van der Waals surface area contributed by atoms with Crippen LogP contribution in [0.3, 0.4) is 0 Å². The molecule has 4 heterocycles. The molecule has 15 nitrogen and oxygen atoms in total. The van der Waals surface area contributed by atoms with E-state index in [0.29, 0.717) is 90.7 Å². The molecule has 6 aliphatic rings. The number of hydrogen-bond acceptors (Lipinski definition) is 11. The van der Waals surface area contributed by atoms with Crippen LogP contribution in [0.4, 0.5) is 21.6 Å². The largest absolute Gasteiger partial charge is 0.384 e. The molecule has 4 aromatic heterocycles. The maximum absolute atomic E-state index is 13.1. The van der Waals surface area contributed by atoms with Gasteiger partial charge in [0.1, 0.15) is 27.9 Å². The minimum absolute atomic E-state index is 0.145. The van der Waals surface area contributed by atoms with E-state index in [-0.39, 0.29) is 42.6 Å². The molecule has 6 fully saturated rings. The van der Waals surface area contributed by atoms with E-state index in [0.717, 1.165) is 33.7 Å². The monoisotopic (exact) mass is 979 g/mol. The Bertz CT molecular complexity index is 2280. The number of nitrogens with two attached hydrogens (primary N) is 1. The number of anilines is 3. The first-order chi connectivity index (χ1) is 29.3. The Morgan fingerprint density at radius 2 is 1.18 bits per heavy atom. The van der Waals surface area contributed by atoms with Crippen molar-refractivity contribution in [3.8, 4) is 0 Å². The molecule has 6 aliphatic carbocycles. The predicted molar refractivity (Wildman–Crippen MR) is 242 cm³/mol. The van der Waals surface area contributed by atoms with Crippen LogP contribution in [0.2, 0.25) is 0 Å². The van der Waals surface area contributed by atoms with Crippen LogP contribution in [0.15, 0.2) is 67.6 Å². The van der Waals surface area contributed by atoms with Gasteiger partial charge in [0.15, 0.2) is 0 Å². The first-order valence-corrected chi connectivity index (χ1v) is 22.8. The van der Waals surface area contributed by atoms with E-state index in [2.05, 4.69) is 115 Å². The van der Waals surface area contributed by atoms with Crippen LogP contribution in [0.1, 0.15) is 78.4 Å². The Morgan fingerprint density at radius 1 is 0.742 bits per heavy atom. The molecule has 4 aromatic rings. The molecule has 10 rings (SSSR count). The molecular weight excluding hydrogens is 925 g/mol. The molecule has 0 aromatic carbocycles. The molecule has 6 N–H and O–H groups in total. The van der Waals surface area contributed by atoms with Crippen molar-refractivity contribution in [3.63, 3.8) is 0 Å². The number of halogens is 3. The molecule has 62 heavy (non-hydrogen) atoms. The van der Waals surface area contributed by atoms with Gasteiger partial charge in [0, 0.05) is 37.6 Å². The molecule has 6 saturated carbocycles. The Kier molecular flexibility index (Phi) is 13.3. The maximum atomic E-state index is 13.1. The SMILES string of the molecule is C[C@@H]1[C@H]2C[C@@H](C[C@H]1Nc1cnn(CC(=O)NCc3ccnc(F)c3)c(=O)c1Br)C2(C)C.C[C@@H]1[C@H]2C[C@@H](C[C@H]1Nc1cnn(CC(=O)NCc3ccnc(N)c3)c(=O)c1Br)C2(C)C. The van der Waals surface area contributed by atoms with Crippen molar-refractivity contribution in [3.05, 3.63) is 95.8 Å². The van der Waals surface area contributed by atoms with Gasteiger partial charge < -0.3 is 27.0 Å². The van der Waals surface area contributed by atoms with E-state index in [4.69, 9.17) is 5.73 Å². The van der Waals surface area contributed by atoms with Crippen molar-refractivity contribution in [1.82, 2.24) is 40.2 Å². The highest BCUT2D eigenvalue weighted by atomic mass is 79.9. The van der Waals surface area contributed by atoms with Crippen molar-refractivity contribution in [1.29, 1.82) is 0 Å². The summed E-state index contributed by atoms with van der Waals surface area (Å²) in [6, 6.07) is 6.95. The number of amides is 2. The number of nitrogens with one attached hydrogen (secondary N) is 4. The quantitative estimate of drug-likeness (QED) is 0.102. The van der Waals surface area contributed by atoms with Crippen LogP contribution >= 0.6 is 31.9 Å². The lowest BCUT2D eigenvalue weighted by Crippen LogP contribution is -2.58. The maximum Gasteiger partial charge on any atom is 0.283 e. The molecule has 4 bridgehead atoms. The summed E-state index contributed by atoms with van der Waals surface area (Å²) in [5.74, 6) is 2.95. The average molecular weight is 982 g/mol. The molecule has 18 heteroatoms. The second-order valence-electron chi connectivity index (χ2n) is 18.7. The van der Waals surface area contributed by atoms with Crippen molar-refractivity contribution < 1.29 is 14.0 Å². The topological polar surface area (TPSA) is 204 Å². The van der Waals surface area contributed by atoms with Gasteiger partial charge in [-0.3, -0.25) is 19.2 Å². The molecule has 332 valence electrons. The third kappa shape index (κ3) is 9.45. The summed E-state index contributed by atoms with van der Waals surface area (Å²) >= 11 is 6.80. The third-order valence-corrected chi connectivity index (χ3v) is 16.1. The second-order valence-corrected chi connectivity index (χ2v) is 20.3. The van der Waals surface area contributed by atoms with Crippen molar-refractivity contribution in [2.75, 3.05) is 16.4 Å². The number of pyridine rings is 2. The van der Waals surface area contributed by atoms with E-state index in [1.807, 2.05) is 0 Å². The van der Waals surface area contributed by atoms with E-state index in [1.54, 1.807) is 36.8 Å². The highest BCUT2D eigenvalue weighted by Gasteiger charge is 2.57. The van der Waals surface area contributed by atoms with Gasteiger partial charge in [0.25, 0.3) is 11.1 Å². The number of carbonyl (C=O) groups is 2. The van der Waals surface area contributed by atoms with Gasteiger partial charge in [-0.1, -0.05) is 41.5 Å². The van der Waals surface area contributed by atoms with Crippen LogP contribution < -0.4 is 38.1 Å². The summed E-state index contributed by atoms with van der Waals surface area (Å²) in [7, 11) is 0. The Hall–Kier alpha value is -4.71. The number of nitrogens with zero attached hydrogens (tertiary/aromatic N) is 6. The lowest BCUT2D eigenvalue weighted by molar-refractivity contribution is -0.122. The van der Waals surface area contributed by atoms with E-state index >= 15 is 0 Å². The van der Waals surface area contributed by atoms with Gasteiger partial charge >= 0.3 is 0 Å². The number of fused-ring (bicyclic) bond motifs is 4.